The lowest BCUT2D eigenvalue weighted by molar-refractivity contribution is -0.112. The van der Waals surface area contributed by atoms with Crippen molar-refractivity contribution < 1.29 is 13.9 Å². The standard InChI is InChI=1S/C23H17FN2O2/c24-20-6-4-5-18(14-20)16-28-22-11-9-17(10-12-22)13-19(15-25)23(27)26-21-7-2-1-3-8-21/h1-14H,16H2,(H,26,27)/b19-13-. The molecule has 3 aromatic rings. The summed E-state index contributed by atoms with van der Waals surface area (Å²) in [7, 11) is 0. The third kappa shape index (κ3) is 5.29. The first-order chi connectivity index (χ1) is 13.6. The predicted molar refractivity (Wildman–Crippen MR) is 106 cm³/mol. The molecule has 0 saturated carbocycles. The second kappa shape index (κ2) is 9.15. The summed E-state index contributed by atoms with van der Waals surface area (Å²) in [5.74, 6) is -0.173. The highest BCUT2D eigenvalue weighted by atomic mass is 19.1. The maximum absolute atomic E-state index is 13.2. The van der Waals surface area contributed by atoms with Crippen LogP contribution in [0.5, 0.6) is 5.75 Å². The van der Waals surface area contributed by atoms with Gasteiger partial charge in [-0.05, 0) is 53.6 Å². The Balaban J connectivity index is 1.64. The van der Waals surface area contributed by atoms with Crippen LogP contribution in [0.1, 0.15) is 11.1 Å². The second-order valence-corrected chi connectivity index (χ2v) is 5.98. The number of nitrogens with one attached hydrogen (secondary N) is 1. The number of rotatable bonds is 6. The number of nitrogens with zero attached hydrogens (tertiary/aromatic N) is 1. The highest BCUT2D eigenvalue weighted by molar-refractivity contribution is 6.09. The molecule has 0 radical (unpaired) electrons. The van der Waals surface area contributed by atoms with Gasteiger partial charge in [-0.2, -0.15) is 5.26 Å². The first-order valence-electron chi connectivity index (χ1n) is 8.59. The topological polar surface area (TPSA) is 62.1 Å². The Morgan fingerprint density at radius 3 is 2.46 bits per heavy atom. The van der Waals surface area contributed by atoms with Crippen molar-refractivity contribution in [3.8, 4) is 11.8 Å². The van der Waals surface area contributed by atoms with Crippen molar-refractivity contribution in [2.75, 3.05) is 5.32 Å². The number of hydrogen-bond acceptors (Lipinski definition) is 3. The molecule has 4 nitrogen and oxygen atoms in total. The van der Waals surface area contributed by atoms with Crippen molar-refractivity contribution in [3.05, 3.63) is 101 Å². The summed E-state index contributed by atoms with van der Waals surface area (Å²) in [6, 6.07) is 24.0. The summed E-state index contributed by atoms with van der Waals surface area (Å²) in [4.78, 5) is 12.2. The van der Waals surface area contributed by atoms with E-state index in [1.807, 2.05) is 12.1 Å². The van der Waals surface area contributed by atoms with Gasteiger partial charge in [-0.25, -0.2) is 4.39 Å². The number of carbonyl (C=O) groups is 1. The molecular formula is C23H17FN2O2. The van der Waals surface area contributed by atoms with Gasteiger partial charge in [0.1, 0.15) is 29.8 Å². The van der Waals surface area contributed by atoms with E-state index in [-0.39, 0.29) is 18.0 Å². The number of anilines is 1. The maximum atomic E-state index is 13.2. The zero-order valence-electron chi connectivity index (χ0n) is 14.9. The Hall–Kier alpha value is -3.91. The van der Waals surface area contributed by atoms with Crippen LogP contribution in [0, 0.1) is 17.1 Å². The second-order valence-electron chi connectivity index (χ2n) is 5.98. The minimum atomic E-state index is -0.472. The number of benzene rings is 3. The zero-order chi connectivity index (χ0) is 19.8. The van der Waals surface area contributed by atoms with E-state index in [2.05, 4.69) is 5.32 Å². The molecule has 5 heteroatoms. The van der Waals surface area contributed by atoms with Gasteiger partial charge in [0.2, 0.25) is 0 Å². The Kier molecular flexibility index (Phi) is 6.17. The number of ether oxygens (including phenoxy) is 1. The third-order valence-corrected chi connectivity index (χ3v) is 3.88. The summed E-state index contributed by atoms with van der Waals surface area (Å²) < 4.78 is 18.8. The molecule has 0 unspecified atom stereocenters. The van der Waals surface area contributed by atoms with Crippen LogP contribution in [0.15, 0.2) is 84.4 Å². The molecule has 1 N–H and O–H groups in total. The van der Waals surface area contributed by atoms with Crippen molar-refractivity contribution in [3.63, 3.8) is 0 Å². The van der Waals surface area contributed by atoms with E-state index in [1.54, 1.807) is 60.7 Å². The first-order valence-corrected chi connectivity index (χ1v) is 8.59. The molecule has 138 valence electrons. The van der Waals surface area contributed by atoms with Gasteiger partial charge in [-0.1, -0.05) is 42.5 Å². The zero-order valence-corrected chi connectivity index (χ0v) is 14.9. The van der Waals surface area contributed by atoms with Crippen molar-refractivity contribution in [2.24, 2.45) is 0 Å². The van der Waals surface area contributed by atoms with Crippen LogP contribution < -0.4 is 10.1 Å². The Morgan fingerprint density at radius 1 is 1.04 bits per heavy atom. The number of halogens is 1. The number of amides is 1. The van der Waals surface area contributed by atoms with E-state index in [9.17, 15) is 14.4 Å². The van der Waals surface area contributed by atoms with Crippen molar-refractivity contribution >= 4 is 17.7 Å². The monoisotopic (exact) mass is 372 g/mol. The summed E-state index contributed by atoms with van der Waals surface area (Å²) in [6.45, 7) is 0.246. The minimum Gasteiger partial charge on any atom is -0.489 e. The summed E-state index contributed by atoms with van der Waals surface area (Å²) in [5, 5.41) is 12.0. The molecule has 0 fully saturated rings. The average molecular weight is 372 g/mol. The molecular weight excluding hydrogens is 355 g/mol. The summed E-state index contributed by atoms with van der Waals surface area (Å²) >= 11 is 0. The fourth-order valence-corrected chi connectivity index (χ4v) is 2.49. The Bertz CT molecular complexity index is 1020. The molecule has 0 atom stereocenters. The lowest BCUT2D eigenvalue weighted by Crippen LogP contribution is -2.13. The van der Waals surface area contributed by atoms with Crippen molar-refractivity contribution in [2.45, 2.75) is 6.61 Å². The maximum Gasteiger partial charge on any atom is 0.266 e. The summed E-state index contributed by atoms with van der Waals surface area (Å²) in [6.07, 6.45) is 1.51. The minimum absolute atomic E-state index is 0.00252. The smallest absolute Gasteiger partial charge is 0.266 e. The van der Waals surface area contributed by atoms with Crippen molar-refractivity contribution in [1.82, 2.24) is 0 Å². The van der Waals surface area contributed by atoms with Gasteiger partial charge in [0.25, 0.3) is 5.91 Å². The van der Waals surface area contributed by atoms with Gasteiger partial charge >= 0.3 is 0 Å². The summed E-state index contributed by atoms with van der Waals surface area (Å²) in [5.41, 5.74) is 2.04. The fraction of sp³-hybridized carbons (Fsp3) is 0.0435. The highest BCUT2D eigenvalue weighted by Crippen LogP contribution is 2.17. The van der Waals surface area contributed by atoms with Gasteiger partial charge in [0.05, 0.1) is 0 Å². The van der Waals surface area contributed by atoms with Crippen LogP contribution in [-0.2, 0) is 11.4 Å². The molecule has 0 bridgehead atoms. The Morgan fingerprint density at radius 2 is 1.79 bits per heavy atom. The first kappa shape index (κ1) is 18.9. The van der Waals surface area contributed by atoms with E-state index >= 15 is 0 Å². The third-order valence-electron chi connectivity index (χ3n) is 3.88. The van der Waals surface area contributed by atoms with Crippen molar-refractivity contribution in [1.29, 1.82) is 5.26 Å². The van der Waals surface area contributed by atoms with E-state index < -0.39 is 5.91 Å². The SMILES string of the molecule is N#C/C(=C/c1ccc(OCc2cccc(F)c2)cc1)C(=O)Nc1ccccc1. The molecule has 3 aromatic carbocycles. The van der Waals surface area contributed by atoms with Gasteiger partial charge in [0.15, 0.2) is 0 Å². The molecule has 0 aromatic heterocycles. The average Bonchev–Trinajstić information content (AvgIpc) is 2.72. The quantitative estimate of drug-likeness (QED) is 0.492. The van der Waals surface area contributed by atoms with Crippen LogP contribution in [0.25, 0.3) is 6.08 Å². The highest BCUT2D eigenvalue weighted by Gasteiger charge is 2.09. The van der Waals surface area contributed by atoms with Crippen LogP contribution in [0.4, 0.5) is 10.1 Å². The van der Waals surface area contributed by atoms with Crippen LogP contribution in [0.2, 0.25) is 0 Å². The van der Waals surface area contributed by atoms with E-state index in [0.717, 1.165) is 5.56 Å². The molecule has 0 aliphatic heterocycles. The number of nitriles is 1. The molecule has 0 spiro atoms. The molecule has 0 aliphatic carbocycles. The van der Waals surface area contributed by atoms with Crippen LogP contribution in [0.3, 0.4) is 0 Å². The van der Waals surface area contributed by atoms with Crippen LogP contribution in [-0.4, -0.2) is 5.91 Å². The lowest BCUT2D eigenvalue weighted by Gasteiger charge is -2.07. The Labute approximate surface area is 162 Å². The molecule has 3 rings (SSSR count). The lowest BCUT2D eigenvalue weighted by atomic mass is 10.1. The van der Waals surface area contributed by atoms with Crippen LogP contribution >= 0.6 is 0 Å². The molecule has 28 heavy (non-hydrogen) atoms. The van der Waals surface area contributed by atoms with Gasteiger partial charge < -0.3 is 10.1 Å². The fourth-order valence-electron chi connectivity index (χ4n) is 2.49. The number of hydrogen-bond donors (Lipinski definition) is 1. The number of para-hydroxylation sites is 1. The molecule has 0 saturated heterocycles. The number of carbonyl (C=O) groups excluding carboxylic acids is 1. The van der Waals surface area contributed by atoms with E-state index in [4.69, 9.17) is 4.74 Å². The van der Waals surface area contributed by atoms with Gasteiger partial charge in [-0.3, -0.25) is 4.79 Å². The normalized spacial score (nSPS) is 10.8. The largest absolute Gasteiger partial charge is 0.489 e. The predicted octanol–water partition coefficient (Wildman–Crippen LogP) is 4.95. The molecule has 0 aliphatic rings. The molecule has 0 heterocycles. The van der Waals surface area contributed by atoms with E-state index in [0.29, 0.717) is 17.0 Å². The molecule has 1 amide bonds. The van der Waals surface area contributed by atoms with Gasteiger partial charge in [0, 0.05) is 5.69 Å². The van der Waals surface area contributed by atoms with E-state index in [1.165, 1.54) is 18.2 Å². The van der Waals surface area contributed by atoms with Gasteiger partial charge in [-0.15, -0.1) is 0 Å².